The zero-order chi connectivity index (χ0) is 17.0. The number of hydrogen-bond acceptors (Lipinski definition) is 3. The lowest BCUT2D eigenvalue weighted by molar-refractivity contribution is -0.174. The number of hydrogen-bond donors (Lipinski definition) is 2. The molecule has 124 valence electrons. The van der Waals surface area contributed by atoms with Crippen LogP contribution in [0.25, 0.3) is 10.8 Å². The van der Waals surface area contributed by atoms with Gasteiger partial charge in [0.2, 0.25) is 0 Å². The third kappa shape index (κ3) is 4.82. The summed E-state index contributed by atoms with van der Waals surface area (Å²) >= 11 is 0. The van der Waals surface area contributed by atoms with Crippen molar-refractivity contribution in [3.8, 4) is 0 Å². The Kier molecular flexibility index (Phi) is 5.05. The van der Waals surface area contributed by atoms with Gasteiger partial charge in [0.1, 0.15) is 12.3 Å². The van der Waals surface area contributed by atoms with E-state index in [4.69, 9.17) is 0 Å². The number of ether oxygens (including phenoxy) is 1. The summed E-state index contributed by atoms with van der Waals surface area (Å²) in [4.78, 5) is 26.4. The van der Waals surface area contributed by atoms with Gasteiger partial charge in [-0.05, 0) is 24.4 Å². The first-order valence-electron chi connectivity index (χ1n) is 6.84. The van der Waals surface area contributed by atoms with Gasteiger partial charge < -0.3 is 15.0 Å². The Balaban J connectivity index is 2.02. The van der Waals surface area contributed by atoms with Gasteiger partial charge in [0.15, 0.2) is 0 Å². The molecule has 5 nitrogen and oxygen atoms in total. The fourth-order valence-corrected chi connectivity index (χ4v) is 2.03. The molecule has 23 heavy (non-hydrogen) atoms. The van der Waals surface area contributed by atoms with Crippen LogP contribution in [0.4, 0.5) is 13.2 Å². The lowest BCUT2D eigenvalue weighted by Crippen LogP contribution is -2.37. The summed E-state index contributed by atoms with van der Waals surface area (Å²) in [7, 11) is 0. The maximum atomic E-state index is 12.1. The Bertz CT molecular complexity index is 755. The van der Waals surface area contributed by atoms with E-state index in [9.17, 15) is 22.8 Å². The zero-order valence-corrected chi connectivity index (χ0v) is 12.2. The molecule has 0 saturated heterocycles. The second-order valence-electron chi connectivity index (χ2n) is 5.10. The molecule has 0 bridgehead atoms. The first kappa shape index (κ1) is 17.0. The van der Waals surface area contributed by atoms with Gasteiger partial charge in [-0.3, -0.25) is 9.59 Å². The molecule has 0 spiro atoms. The van der Waals surface area contributed by atoms with E-state index in [2.05, 4.69) is 15.0 Å². The van der Waals surface area contributed by atoms with Crippen molar-refractivity contribution in [1.29, 1.82) is 0 Å². The normalized spacial score (nSPS) is 13.0. The van der Waals surface area contributed by atoms with E-state index in [0.29, 0.717) is 10.8 Å². The van der Waals surface area contributed by atoms with Crippen LogP contribution in [0.2, 0.25) is 0 Å². The van der Waals surface area contributed by atoms with Crippen LogP contribution in [-0.4, -0.2) is 36.3 Å². The zero-order valence-electron chi connectivity index (χ0n) is 12.2. The summed E-state index contributed by atoms with van der Waals surface area (Å²) < 4.78 is 40.4. The molecule has 1 atom stereocenters. The quantitative estimate of drug-likeness (QED) is 0.884. The van der Waals surface area contributed by atoms with Crippen LogP contribution in [0.3, 0.4) is 0 Å². The first-order valence-corrected chi connectivity index (χ1v) is 6.84. The topological polar surface area (TPSA) is 71.2 Å². The predicted molar refractivity (Wildman–Crippen MR) is 78.4 cm³/mol. The number of benzene rings is 1. The standard InChI is InChI=1S/C15H15F3N2O3/c1-9(7-23-8-15(16,17)18)19-14(22)12-6-10-4-2-3-5-11(10)13(21)20-12/h2-6,9H,7-8H2,1H3,(H,19,22)(H,20,21)/t9-/m1/s1. The second kappa shape index (κ2) is 6.82. The number of rotatable bonds is 5. The molecule has 0 aliphatic carbocycles. The molecule has 2 aromatic rings. The van der Waals surface area contributed by atoms with E-state index < -0.39 is 30.3 Å². The highest BCUT2D eigenvalue weighted by atomic mass is 19.4. The third-order valence-electron chi connectivity index (χ3n) is 3.01. The minimum Gasteiger partial charge on any atom is -0.370 e. The largest absolute Gasteiger partial charge is 0.411 e. The van der Waals surface area contributed by atoms with Crippen molar-refractivity contribution in [1.82, 2.24) is 10.3 Å². The molecule has 0 radical (unpaired) electrons. The van der Waals surface area contributed by atoms with Gasteiger partial charge in [-0.15, -0.1) is 0 Å². The number of amides is 1. The molecule has 1 aromatic heterocycles. The van der Waals surface area contributed by atoms with E-state index in [1.54, 1.807) is 24.3 Å². The van der Waals surface area contributed by atoms with Gasteiger partial charge in [0.05, 0.1) is 6.61 Å². The van der Waals surface area contributed by atoms with Crippen LogP contribution in [0.15, 0.2) is 35.1 Å². The van der Waals surface area contributed by atoms with Gasteiger partial charge in [0, 0.05) is 11.4 Å². The highest BCUT2D eigenvalue weighted by molar-refractivity contribution is 5.96. The Labute approximate surface area is 129 Å². The highest BCUT2D eigenvalue weighted by Crippen LogP contribution is 2.14. The van der Waals surface area contributed by atoms with Gasteiger partial charge in [0.25, 0.3) is 11.5 Å². The number of H-pyrrole nitrogens is 1. The Hall–Kier alpha value is -2.35. The number of aromatic nitrogens is 1. The van der Waals surface area contributed by atoms with E-state index in [1.807, 2.05) is 0 Å². The molecule has 1 heterocycles. The monoisotopic (exact) mass is 328 g/mol. The van der Waals surface area contributed by atoms with Gasteiger partial charge in [-0.25, -0.2) is 0 Å². The predicted octanol–water partition coefficient (Wildman–Crippen LogP) is 2.23. The maximum Gasteiger partial charge on any atom is 0.411 e. The SMILES string of the molecule is C[C@H](COCC(F)(F)F)NC(=O)c1cc2ccccc2c(=O)[nH]1. The molecule has 0 saturated carbocycles. The summed E-state index contributed by atoms with van der Waals surface area (Å²) in [6, 6.07) is 7.63. The fourth-order valence-electron chi connectivity index (χ4n) is 2.03. The number of carbonyl (C=O) groups is 1. The van der Waals surface area contributed by atoms with Crippen LogP contribution in [0.1, 0.15) is 17.4 Å². The van der Waals surface area contributed by atoms with Crippen molar-refractivity contribution in [3.63, 3.8) is 0 Å². The van der Waals surface area contributed by atoms with Gasteiger partial charge in [-0.2, -0.15) is 13.2 Å². The average Bonchev–Trinajstić information content (AvgIpc) is 2.45. The molecule has 0 unspecified atom stereocenters. The third-order valence-corrected chi connectivity index (χ3v) is 3.01. The van der Waals surface area contributed by atoms with E-state index >= 15 is 0 Å². The van der Waals surface area contributed by atoms with E-state index in [0.717, 1.165) is 0 Å². The number of fused-ring (bicyclic) bond motifs is 1. The lowest BCUT2D eigenvalue weighted by atomic mass is 10.1. The van der Waals surface area contributed by atoms with Crippen LogP contribution < -0.4 is 10.9 Å². The van der Waals surface area contributed by atoms with Crippen molar-refractivity contribution in [2.75, 3.05) is 13.2 Å². The minimum absolute atomic E-state index is 0.0383. The molecule has 0 aliphatic rings. The number of alkyl halides is 3. The molecule has 0 aliphatic heterocycles. The molecular formula is C15H15F3N2O3. The van der Waals surface area contributed by atoms with Crippen molar-refractivity contribution in [2.45, 2.75) is 19.1 Å². The molecule has 8 heteroatoms. The molecule has 1 amide bonds. The van der Waals surface area contributed by atoms with Crippen LogP contribution in [0.5, 0.6) is 0 Å². The second-order valence-corrected chi connectivity index (χ2v) is 5.10. The van der Waals surface area contributed by atoms with Crippen LogP contribution in [0, 0.1) is 0 Å². The summed E-state index contributed by atoms with van der Waals surface area (Å²) in [5, 5.41) is 3.52. The summed E-state index contributed by atoms with van der Waals surface area (Å²) in [5.74, 6) is -0.587. The number of aromatic amines is 1. The van der Waals surface area contributed by atoms with Crippen LogP contribution >= 0.6 is 0 Å². The van der Waals surface area contributed by atoms with Crippen molar-refractivity contribution in [2.24, 2.45) is 0 Å². The number of nitrogens with one attached hydrogen (secondary N) is 2. The van der Waals surface area contributed by atoms with Crippen molar-refractivity contribution < 1.29 is 22.7 Å². The number of halogens is 3. The number of pyridine rings is 1. The average molecular weight is 328 g/mol. The Morgan fingerprint density at radius 3 is 2.74 bits per heavy atom. The Morgan fingerprint density at radius 1 is 1.35 bits per heavy atom. The fraction of sp³-hybridized carbons (Fsp3) is 0.333. The number of carbonyl (C=O) groups excluding carboxylic acids is 1. The first-order chi connectivity index (χ1) is 10.8. The summed E-state index contributed by atoms with van der Waals surface area (Å²) in [5.41, 5.74) is -0.370. The molecule has 0 fully saturated rings. The van der Waals surface area contributed by atoms with E-state index in [1.165, 1.54) is 13.0 Å². The highest BCUT2D eigenvalue weighted by Gasteiger charge is 2.27. The minimum atomic E-state index is -4.41. The molecule has 2 rings (SSSR count). The van der Waals surface area contributed by atoms with Crippen LogP contribution in [-0.2, 0) is 4.74 Å². The van der Waals surface area contributed by atoms with Gasteiger partial charge in [-0.1, -0.05) is 18.2 Å². The molecule has 1 aromatic carbocycles. The maximum absolute atomic E-state index is 12.1. The Morgan fingerprint density at radius 2 is 2.04 bits per heavy atom. The van der Waals surface area contributed by atoms with Gasteiger partial charge >= 0.3 is 6.18 Å². The van der Waals surface area contributed by atoms with Crippen molar-refractivity contribution in [3.05, 3.63) is 46.4 Å². The summed E-state index contributed by atoms with van der Waals surface area (Å²) in [6.07, 6.45) is -4.41. The molecule has 2 N–H and O–H groups in total. The van der Waals surface area contributed by atoms with E-state index in [-0.39, 0.29) is 12.3 Å². The molecular weight excluding hydrogens is 313 g/mol. The smallest absolute Gasteiger partial charge is 0.370 e. The van der Waals surface area contributed by atoms with Crippen molar-refractivity contribution >= 4 is 16.7 Å². The summed E-state index contributed by atoms with van der Waals surface area (Å²) in [6.45, 7) is -0.156. The lowest BCUT2D eigenvalue weighted by Gasteiger charge is -2.15.